The highest BCUT2D eigenvalue weighted by Gasteiger charge is 2.21. The lowest BCUT2D eigenvalue weighted by Gasteiger charge is -2.23. The summed E-state index contributed by atoms with van der Waals surface area (Å²) in [6.45, 7) is 14.6. The van der Waals surface area contributed by atoms with Gasteiger partial charge < -0.3 is 15.4 Å². The van der Waals surface area contributed by atoms with Gasteiger partial charge in [-0.3, -0.25) is 14.8 Å². The normalized spacial score (nSPS) is 12.9. The third kappa shape index (κ3) is 7.06. The summed E-state index contributed by atoms with van der Waals surface area (Å²) in [5.41, 5.74) is 1.96. The van der Waals surface area contributed by atoms with Crippen molar-refractivity contribution >= 4 is 17.7 Å². The van der Waals surface area contributed by atoms with Crippen molar-refractivity contribution in [3.8, 4) is 11.3 Å². The van der Waals surface area contributed by atoms with E-state index >= 15 is 0 Å². The second kappa shape index (κ2) is 10.5. The maximum atomic E-state index is 12.3. The molecule has 2 aromatic rings. The molecule has 0 fully saturated rings. The predicted octanol–water partition coefficient (Wildman–Crippen LogP) is 5.05. The zero-order valence-corrected chi connectivity index (χ0v) is 18.5. The van der Waals surface area contributed by atoms with Crippen LogP contribution in [0.4, 0.5) is 10.5 Å². The fourth-order valence-corrected chi connectivity index (χ4v) is 2.75. The minimum Gasteiger partial charge on any atom is -0.444 e. The Labute approximate surface area is 183 Å². The molecular formula is C24H30N4O3. The van der Waals surface area contributed by atoms with Crippen molar-refractivity contribution in [3.05, 3.63) is 67.7 Å². The van der Waals surface area contributed by atoms with Crippen molar-refractivity contribution < 1.29 is 14.3 Å². The molecule has 0 unspecified atom stereocenters. The maximum absolute atomic E-state index is 12.3. The smallest absolute Gasteiger partial charge is 0.408 e. The molecule has 0 saturated carbocycles. The molecule has 31 heavy (non-hydrogen) atoms. The fraction of sp³-hybridized carbons (Fsp3) is 0.333. The van der Waals surface area contributed by atoms with Crippen molar-refractivity contribution in [1.82, 2.24) is 15.3 Å². The first kappa shape index (κ1) is 23.8. The molecule has 0 bridgehead atoms. The molecule has 2 atom stereocenters. The number of amides is 2. The van der Waals surface area contributed by atoms with Gasteiger partial charge in [0, 0.05) is 18.0 Å². The van der Waals surface area contributed by atoms with Gasteiger partial charge >= 0.3 is 6.09 Å². The monoisotopic (exact) mass is 422 g/mol. The van der Waals surface area contributed by atoms with Gasteiger partial charge in [-0.2, -0.15) is 0 Å². The average Bonchev–Trinajstić information content (AvgIpc) is 2.72. The van der Waals surface area contributed by atoms with Crippen molar-refractivity contribution in [1.29, 1.82) is 0 Å². The molecule has 0 radical (unpaired) electrons. The fourth-order valence-electron chi connectivity index (χ4n) is 2.75. The lowest BCUT2D eigenvalue weighted by molar-refractivity contribution is -0.118. The van der Waals surface area contributed by atoms with Crippen LogP contribution in [-0.2, 0) is 9.53 Å². The van der Waals surface area contributed by atoms with E-state index < -0.39 is 17.7 Å². The number of alkyl carbamates (subject to hydrolysis) is 1. The Balaban J connectivity index is 2.33. The molecule has 2 N–H and O–H groups in total. The Hall–Kier alpha value is -3.48. The van der Waals surface area contributed by atoms with Crippen LogP contribution in [0.3, 0.4) is 0 Å². The van der Waals surface area contributed by atoms with Gasteiger partial charge in [0.1, 0.15) is 5.60 Å². The van der Waals surface area contributed by atoms with E-state index in [0.717, 1.165) is 5.56 Å². The minimum atomic E-state index is -0.609. The lowest BCUT2D eigenvalue weighted by atomic mass is 10.0. The topological polar surface area (TPSA) is 93.2 Å². The summed E-state index contributed by atoms with van der Waals surface area (Å²) in [6.07, 6.45) is 6.53. The molecule has 2 rings (SSSR count). The highest BCUT2D eigenvalue weighted by Crippen LogP contribution is 2.28. The van der Waals surface area contributed by atoms with E-state index in [-0.39, 0.29) is 11.8 Å². The van der Waals surface area contributed by atoms with E-state index in [1.165, 1.54) is 0 Å². The summed E-state index contributed by atoms with van der Waals surface area (Å²) in [4.78, 5) is 33.5. The molecule has 0 aliphatic heterocycles. The number of carbonyl (C=O) groups excluding carboxylic acids is 2. The van der Waals surface area contributed by atoms with Gasteiger partial charge in [-0.05, 0) is 51.5 Å². The van der Waals surface area contributed by atoms with E-state index in [1.54, 1.807) is 70.4 Å². The number of aromatic nitrogens is 2. The van der Waals surface area contributed by atoms with E-state index in [4.69, 9.17) is 4.74 Å². The highest BCUT2D eigenvalue weighted by atomic mass is 16.6. The Bertz CT molecular complexity index is 950. The van der Waals surface area contributed by atoms with Gasteiger partial charge in [-0.15, -0.1) is 13.2 Å². The van der Waals surface area contributed by atoms with Gasteiger partial charge in [0.15, 0.2) is 0 Å². The van der Waals surface area contributed by atoms with Crippen LogP contribution in [0, 0.1) is 5.92 Å². The molecule has 2 heterocycles. The van der Waals surface area contributed by atoms with Crippen molar-refractivity contribution in [2.24, 2.45) is 5.92 Å². The molecular weight excluding hydrogens is 392 g/mol. The Morgan fingerprint density at radius 2 is 1.94 bits per heavy atom. The minimum absolute atomic E-state index is 0.172. The summed E-state index contributed by atoms with van der Waals surface area (Å²) in [5, 5.41) is 5.74. The molecule has 0 aliphatic rings. The summed E-state index contributed by atoms with van der Waals surface area (Å²) >= 11 is 0. The number of hydrogen-bond donors (Lipinski definition) is 2. The number of anilines is 1. The molecule has 2 amide bonds. The van der Waals surface area contributed by atoms with Gasteiger partial charge in [0.05, 0.1) is 29.0 Å². The molecule has 7 nitrogen and oxygen atoms in total. The van der Waals surface area contributed by atoms with Crippen LogP contribution in [0.1, 0.15) is 45.9 Å². The van der Waals surface area contributed by atoms with Gasteiger partial charge in [-0.25, -0.2) is 4.79 Å². The van der Waals surface area contributed by atoms with Crippen LogP contribution >= 0.6 is 0 Å². The lowest BCUT2D eigenvalue weighted by Crippen LogP contribution is -2.35. The van der Waals surface area contributed by atoms with Crippen LogP contribution in [0.25, 0.3) is 11.3 Å². The van der Waals surface area contributed by atoms with E-state index in [9.17, 15) is 9.59 Å². The third-order valence-electron chi connectivity index (χ3n) is 4.34. The summed E-state index contributed by atoms with van der Waals surface area (Å²) in [6, 6.07) is 6.76. The zero-order valence-electron chi connectivity index (χ0n) is 18.5. The van der Waals surface area contributed by atoms with E-state index in [2.05, 4.69) is 33.8 Å². The van der Waals surface area contributed by atoms with Crippen LogP contribution in [0.15, 0.2) is 62.0 Å². The highest BCUT2D eigenvalue weighted by molar-refractivity contribution is 5.96. The predicted molar refractivity (Wildman–Crippen MR) is 122 cm³/mol. The Morgan fingerprint density at radius 1 is 1.19 bits per heavy atom. The molecule has 164 valence electrons. The summed E-state index contributed by atoms with van der Waals surface area (Å²) < 4.78 is 5.37. The summed E-state index contributed by atoms with van der Waals surface area (Å²) in [5.74, 6) is -0.509. The Kier molecular flexibility index (Phi) is 8.07. The third-order valence-corrected chi connectivity index (χ3v) is 4.34. The number of rotatable bonds is 8. The number of nitrogens with zero attached hydrogens (tertiary/aromatic N) is 2. The standard InChI is InChI=1S/C24H30N4O3/c1-7-10-18(28-23(30)31-24(4,5)6)20-15-17(12-14-25-20)21-19(11-9-13-26-21)27-22(29)16(3)8-2/h7-9,11-16,18H,1-2,10H2,3-6H3,(H,27,29)(H,28,30)/t16-,18+/m1/s1. The van der Waals surface area contributed by atoms with E-state index in [1.807, 2.05) is 6.07 Å². The van der Waals surface area contributed by atoms with Gasteiger partial charge in [0.25, 0.3) is 0 Å². The molecule has 0 saturated heterocycles. The van der Waals surface area contributed by atoms with E-state index in [0.29, 0.717) is 23.5 Å². The molecule has 2 aromatic heterocycles. The van der Waals surface area contributed by atoms with Crippen molar-refractivity contribution in [3.63, 3.8) is 0 Å². The van der Waals surface area contributed by atoms with Gasteiger partial charge in [-0.1, -0.05) is 19.1 Å². The maximum Gasteiger partial charge on any atom is 0.408 e. The quantitative estimate of drug-likeness (QED) is 0.581. The summed E-state index contributed by atoms with van der Waals surface area (Å²) in [7, 11) is 0. The van der Waals surface area contributed by atoms with Crippen LogP contribution in [0.2, 0.25) is 0 Å². The van der Waals surface area contributed by atoms with Crippen LogP contribution in [-0.4, -0.2) is 27.6 Å². The zero-order chi connectivity index (χ0) is 23.0. The number of nitrogens with one attached hydrogen (secondary N) is 2. The van der Waals surface area contributed by atoms with Crippen molar-refractivity contribution in [2.75, 3.05) is 5.32 Å². The van der Waals surface area contributed by atoms with Crippen LogP contribution < -0.4 is 10.6 Å². The molecule has 0 spiro atoms. The number of carbonyl (C=O) groups is 2. The first-order valence-corrected chi connectivity index (χ1v) is 10.1. The molecule has 0 aromatic carbocycles. The number of ether oxygens (including phenoxy) is 1. The first-order valence-electron chi connectivity index (χ1n) is 10.1. The number of pyridine rings is 2. The Morgan fingerprint density at radius 3 is 2.58 bits per heavy atom. The molecule has 7 heteroatoms. The number of hydrogen-bond acceptors (Lipinski definition) is 5. The van der Waals surface area contributed by atoms with Gasteiger partial charge in [0.2, 0.25) is 5.91 Å². The first-order chi connectivity index (χ1) is 14.6. The SMILES string of the molecule is C=CC[C@H](NC(=O)OC(C)(C)C)c1cc(-c2ncccc2NC(=O)[C@H](C)C=C)ccn1. The van der Waals surface area contributed by atoms with Crippen LogP contribution in [0.5, 0.6) is 0 Å². The second-order valence-corrected chi connectivity index (χ2v) is 8.11. The average molecular weight is 423 g/mol. The van der Waals surface area contributed by atoms with Crippen molar-refractivity contribution in [2.45, 2.75) is 45.8 Å². The second-order valence-electron chi connectivity index (χ2n) is 8.11. The molecule has 0 aliphatic carbocycles. The largest absolute Gasteiger partial charge is 0.444 e.